The molecule has 7 nitrogen and oxygen atoms in total. The number of hydrogen-bond acceptors (Lipinski definition) is 6. The summed E-state index contributed by atoms with van der Waals surface area (Å²) >= 11 is 5.78. The molecule has 0 radical (unpaired) electrons. The van der Waals surface area contributed by atoms with Crippen molar-refractivity contribution < 1.29 is 14.3 Å². The zero-order chi connectivity index (χ0) is 19.9. The number of aliphatic imine (C=N–C) groups is 1. The van der Waals surface area contributed by atoms with Crippen LogP contribution in [0.4, 0.5) is 15.9 Å². The molecule has 28 heavy (non-hydrogen) atoms. The summed E-state index contributed by atoms with van der Waals surface area (Å²) in [6, 6.07) is 11.5. The first kappa shape index (κ1) is 19.5. The van der Waals surface area contributed by atoms with E-state index in [1.807, 2.05) is 29.7 Å². The van der Waals surface area contributed by atoms with E-state index >= 15 is 0 Å². The van der Waals surface area contributed by atoms with Crippen LogP contribution in [0, 0.1) is 5.82 Å². The molecule has 0 aliphatic rings. The Morgan fingerprint density at radius 2 is 1.93 bits per heavy atom. The van der Waals surface area contributed by atoms with E-state index < -0.39 is 5.82 Å². The lowest BCUT2D eigenvalue weighted by atomic mass is 10.2. The molecule has 0 spiro atoms. The number of methoxy groups -OCH3 is 1. The van der Waals surface area contributed by atoms with Crippen LogP contribution in [-0.4, -0.2) is 28.1 Å². The monoisotopic (exact) mass is 401 g/mol. The SMILES string of the molecule is COc1ccc(CNc2nccnc2C(=Nc2ccc(F)c(Cl)c2)NO)cc1. The number of aromatic nitrogens is 2. The Balaban J connectivity index is 1.84. The molecule has 0 saturated heterocycles. The Kier molecular flexibility index (Phi) is 6.36. The number of ether oxygens (including phenoxy) is 1. The van der Waals surface area contributed by atoms with Crippen LogP contribution in [0.25, 0.3) is 0 Å². The lowest BCUT2D eigenvalue weighted by Crippen LogP contribution is -2.23. The molecule has 0 fully saturated rings. The number of amidine groups is 1. The van der Waals surface area contributed by atoms with Gasteiger partial charge in [-0.05, 0) is 35.9 Å². The van der Waals surface area contributed by atoms with Gasteiger partial charge >= 0.3 is 0 Å². The summed E-state index contributed by atoms with van der Waals surface area (Å²) in [5.74, 6) is 0.654. The Labute approximate surface area is 165 Å². The number of anilines is 1. The van der Waals surface area contributed by atoms with Crippen LogP contribution in [0.3, 0.4) is 0 Å². The maximum atomic E-state index is 13.3. The number of nitrogens with one attached hydrogen (secondary N) is 2. The predicted molar refractivity (Wildman–Crippen MR) is 105 cm³/mol. The van der Waals surface area contributed by atoms with Gasteiger partial charge in [-0.25, -0.2) is 19.4 Å². The fourth-order valence-electron chi connectivity index (χ4n) is 2.38. The number of halogens is 2. The van der Waals surface area contributed by atoms with Gasteiger partial charge < -0.3 is 10.1 Å². The fourth-order valence-corrected chi connectivity index (χ4v) is 2.56. The summed E-state index contributed by atoms with van der Waals surface area (Å²) in [6.07, 6.45) is 2.99. The predicted octanol–water partition coefficient (Wildman–Crippen LogP) is 3.95. The third-order valence-electron chi connectivity index (χ3n) is 3.79. The van der Waals surface area contributed by atoms with Gasteiger partial charge in [0.05, 0.1) is 17.8 Å². The average Bonchev–Trinajstić information content (AvgIpc) is 2.73. The van der Waals surface area contributed by atoms with E-state index in [0.29, 0.717) is 23.7 Å². The van der Waals surface area contributed by atoms with Crippen molar-refractivity contribution in [2.45, 2.75) is 6.54 Å². The molecule has 0 amide bonds. The minimum absolute atomic E-state index is 0.0352. The van der Waals surface area contributed by atoms with Gasteiger partial charge in [0.25, 0.3) is 0 Å². The molecule has 1 aromatic heterocycles. The molecule has 0 bridgehead atoms. The van der Waals surface area contributed by atoms with Crippen molar-refractivity contribution in [2.75, 3.05) is 12.4 Å². The third kappa shape index (κ3) is 4.73. The van der Waals surface area contributed by atoms with Gasteiger partial charge in [-0.15, -0.1) is 0 Å². The topological polar surface area (TPSA) is 91.7 Å². The van der Waals surface area contributed by atoms with Crippen molar-refractivity contribution in [3.05, 3.63) is 77.0 Å². The van der Waals surface area contributed by atoms with Crippen molar-refractivity contribution in [3.8, 4) is 5.75 Å². The van der Waals surface area contributed by atoms with Crippen molar-refractivity contribution >= 4 is 28.9 Å². The van der Waals surface area contributed by atoms with Gasteiger partial charge in [0, 0.05) is 18.9 Å². The third-order valence-corrected chi connectivity index (χ3v) is 4.08. The van der Waals surface area contributed by atoms with E-state index in [2.05, 4.69) is 20.3 Å². The van der Waals surface area contributed by atoms with Gasteiger partial charge in [0.2, 0.25) is 0 Å². The zero-order valence-corrected chi connectivity index (χ0v) is 15.6. The smallest absolute Gasteiger partial charge is 0.180 e. The lowest BCUT2D eigenvalue weighted by Gasteiger charge is -2.11. The summed E-state index contributed by atoms with van der Waals surface area (Å²) in [4.78, 5) is 12.7. The highest BCUT2D eigenvalue weighted by Gasteiger charge is 2.13. The van der Waals surface area contributed by atoms with E-state index in [4.69, 9.17) is 16.3 Å². The second-order valence-corrected chi connectivity index (χ2v) is 6.03. The van der Waals surface area contributed by atoms with E-state index in [-0.39, 0.29) is 10.9 Å². The first-order chi connectivity index (χ1) is 13.6. The van der Waals surface area contributed by atoms with Gasteiger partial charge in [0.1, 0.15) is 17.3 Å². The Morgan fingerprint density at radius 3 is 2.61 bits per heavy atom. The average molecular weight is 402 g/mol. The summed E-state index contributed by atoms with van der Waals surface area (Å²) < 4.78 is 18.5. The van der Waals surface area contributed by atoms with E-state index in [0.717, 1.165) is 11.3 Å². The van der Waals surface area contributed by atoms with Gasteiger partial charge in [-0.3, -0.25) is 10.7 Å². The Hall–Kier alpha value is -3.23. The highest BCUT2D eigenvalue weighted by molar-refractivity contribution is 6.31. The quantitative estimate of drug-likeness (QED) is 0.329. The molecule has 0 aliphatic carbocycles. The molecule has 3 rings (SSSR count). The van der Waals surface area contributed by atoms with Crippen LogP contribution >= 0.6 is 11.6 Å². The first-order valence-corrected chi connectivity index (χ1v) is 8.60. The van der Waals surface area contributed by atoms with Gasteiger partial charge in [0.15, 0.2) is 11.7 Å². The van der Waals surface area contributed by atoms with Gasteiger partial charge in [-0.1, -0.05) is 23.7 Å². The summed E-state index contributed by atoms with van der Waals surface area (Å²) in [5.41, 5.74) is 3.64. The Morgan fingerprint density at radius 1 is 1.18 bits per heavy atom. The number of hydroxylamine groups is 1. The Bertz CT molecular complexity index is 982. The van der Waals surface area contributed by atoms with Crippen LogP contribution in [0.15, 0.2) is 59.9 Å². The first-order valence-electron chi connectivity index (χ1n) is 8.22. The largest absolute Gasteiger partial charge is 0.497 e. The lowest BCUT2D eigenvalue weighted by molar-refractivity contribution is 0.235. The molecule has 0 aliphatic heterocycles. The molecule has 2 aromatic carbocycles. The molecule has 9 heteroatoms. The molecule has 144 valence electrons. The summed E-state index contributed by atoms with van der Waals surface area (Å²) in [5, 5.41) is 12.6. The second kappa shape index (κ2) is 9.12. The molecule has 0 saturated carbocycles. The minimum Gasteiger partial charge on any atom is -0.497 e. The molecular formula is C19H17ClFN5O2. The van der Waals surface area contributed by atoms with Crippen LogP contribution in [0.5, 0.6) is 5.75 Å². The van der Waals surface area contributed by atoms with Crippen LogP contribution in [0.1, 0.15) is 11.3 Å². The van der Waals surface area contributed by atoms with Crippen LogP contribution < -0.4 is 15.5 Å². The maximum absolute atomic E-state index is 13.3. The van der Waals surface area contributed by atoms with Crippen molar-refractivity contribution in [2.24, 2.45) is 4.99 Å². The number of benzene rings is 2. The van der Waals surface area contributed by atoms with E-state index in [1.165, 1.54) is 30.6 Å². The number of hydrogen-bond donors (Lipinski definition) is 3. The summed E-state index contributed by atoms with van der Waals surface area (Å²) in [6.45, 7) is 0.469. The molecule has 3 N–H and O–H groups in total. The minimum atomic E-state index is -0.555. The summed E-state index contributed by atoms with van der Waals surface area (Å²) in [7, 11) is 1.61. The highest BCUT2D eigenvalue weighted by atomic mass is 35.5. The zero-order valence-electron chi connectivity index (χ0n) is 14.9. The highest BCUT2D eigenvalue weighted by Crippen LogP contribution is 2.23. The standard InChI is InChI=1S/C19H17ClFN5O2/c1-28-14-5-2-12(3-6-14)11-24-18-17(22-8-9-23-18)19(26-27)25-13-4-7-16(21)15(20)10-13/h2-10,27H,11H2,1H3,(H,23,24)(H,25,26). The van der Waals surface area contributed by atoms with Gasteiger partial charge in [-0.2, -0.15) is 0 Å². The maximum Gasteiger partial charge on any atom is 0.180 e. The molecular weight excluding hydrogens is 385 g/mol. The molecule has 1 heterocycles. The molecule has 0 unspecified atom stereocenters. The fraction of sp³-hybridized carbons (Fsp3) is 0.105. The molecule has 3 aromatic rings. The second-order valence-electron chi connectivity index (χ2n) is 5.63. The van der Waals surface area contributed by atoms with E-state index in [1.54, 1.807) is 7.11 Å². The van der Waals surface area contributed by atoms with Crippen LogP contribution in [0.2, 0.25) is 5.02 Å². The number of nitrogens with zero attached hydrogens (tertiary/aromatic N) is 3. The van der Waals surface area contributed by atoms with Crippen molar-refractivity contribution in [1.82, 2.24) is 15.4 Å². The molecule has 0 atom stereocenters. The van der Waals surface area contributed by atoms with Crippen molar-refractivity contribution in [1.29, 1.82) is 0 Å². The van der Waals surface area contributed by atoms with E-state index in [9.17, 15) is 9.60 Å². The van der Waals surface area contributed by atoms with Crippen LogP contribution in [-0.2, 0) is 6.54 Å². The van der Waals surface area contributed by atoms with Crippen molar-refractivity contribution in [3.63, 3.8) is 0 Å². The number of rotatable bonds is 6. The normalized spacial score (nSPS) is 11.2.